The number of aliphatic hydroxyl groups excluding tert-OH is 1. The molecule has 0 saturated carbocycles. The molecule has 1 saturated heterocycles. The minimum absolute atomic E-state index is 0.126. The van der Waals surface area contributed by atoms with Gasteiger partial charge in [0.05, 0.1) is 52.1 Å². The van der Waals surface area contributed by atoms with Crippen molar-refractivity contribution in [2.24, 2.45) is 0 Å². The fraction of sp³-hybridized carbons (Fsp3) is 0.281. The highest BCUT2D eigenvalue weighted by molar-refractivity contribution is 6.23. The van der Waals surface area contributed by atoms with Crippen molar-refractivity contribution in [1.29, 1.82) is 5.26 Å². The van der Waals surface area contributed by atoms with E-state index in [2.05, 4.69) is 31.2 Å². The van der Waals surface area contributed by atoms with Gasteiger partial charge in [0.25, 0.3) is 17.4 Å². The molecule has 0 spiro atoms. The van der Waals surface area contributed by atoms with E-state index in [1.165, 1.54) is 11.1 Å². The van der Waals surface area contributed by atoms with E-state index in [0.717, 1.165) is 36.8 Å². The smallest absolute Gasteiger partial charge is 0.261 e. The molecule has 1 fully saturated rings. The van der Waals surface area contributed by atoms with Crippen molar-refractivity contribution in [2.45, 2.75) is 31.5 Å². The number of rotatable bonds is 7. The second-order valence-electron chi connectivity index (χ2n) is 11.5. The lowest BCUT2D eigenvalue weighted by molar-refractivity contribution is 0.0516. The third-order valence-corrected chi connectivity index (χ3v) is 8.64. The number of aromatic amines is 2. The minimum Gasteiger partial charge on any atom is -0.389 e. The number of pyridine rings is 1. The van der Waals surface area contributed by atoms with Crippen LogP contribution in [0.4, 0.5) is 5.69 Å². The summed E-state index contributed by atoms with van der Waals surface area (Å²) in [7, 11) is 2.03. The van der Waals surface area contributed by atoms with Crippen molar-refractivity contribution in [2.75, 3.05) is 32.0 Å². The number of nitriles is 1. The van der Waals surface area contributed by atoms with Crippen LogP contribution < -0.4 is 10.9 Å². The Labute approximate surface area is 251 Å². The lowest BCUT2D eigenvalue weighted by Crippen LogP contribution is -2.46. The van der Waals surface area contributed by atoms with Gasteiger partial charge < -0.3 is 29.9 Å². The average Bonchev–Trinajstić information content (AvgIpc) is 3.69. The number of benzene rings is 2. The first-order valence-electron chi connectivity index (χ1n) is 14.5. The third kappa shape index (κ3) is 4.63. The highest BCUT2D eigenvalue weighted by Crippen LogP contribution is 2.32. The van der Waals surface area contributed by atoms with E-state index < -0.39 is 11.7 Å². The number of imide groups is 1. The Bertz CT molecular complexity index is 1990. The fourth-order valence-corrected chi connectivity index (χ4v) is 6.33. The quantitative estimate of drug-likeness (QED) is 0.210. The number of piperidine rings is 1. The minimum atomic E-state index is -0.813. The Morgan fingerprint density at radius 1 is 1.11 bits per heavy atom. The Morgan fingerprint density at radius 3 is 2.66 bits per heavy atom. The largest absolute Gasteiger partial charge is 0.389 e. The molecule has 12 heteroatoms. The molecule has 2 aliphatic rings. The van der Waals surface area contributed by atoms with Crippen LogP contribution in [0.15, 0.2) is 59.7 Å². The van der Waals surface area contributed by atoms with Crippen LogP contribution in [0, 0.1) is 11.3 Å². The van der Waals surface area contributed by atoms with E-state index in [1.54, 1.807) is 24.3 Å². The van der Waals surface area contributed by atoms with Crippen LogP contribution >= 0.6 is 0 Å². The maximum absolute atomic E-state index is 13.3. The van der Waals surface area contributed by atoms with Gasteiger partial charge in [-0.1, -0.05) is 6.07 Å². The molecule has 2 aromatic carbocycles. The molecule has 222 valence electrons. The average molecular weight is 591 g/mol. The van der Waals surface area contributed by atoms with Gasteiger partial charge in [0.1, 0.15) is 11.4 Å². The number of hydrogen-bond acceptors (Lipinski definition) is 8. The molecule has 3 aromatic heterocycles. The van der Waals surface area contributed by atoms with Gasteiger partial charge in [0, 0.05) is 35.9 Å². The van der Waals surface area contributed by atoms with Crippen LogP contribution in [0.3, 0.4) is 0 Å². The van der Waals surface area contributed by atoms with Gasteiger partial charge in [-0.2, -0.15) is 5.26 Å². The zero-order valence-corrected chi connectivity index (χ0v) is 24.0. The zero-order valence-electron chi connectivity index (χ0n) is 24.0. The molecule has 5 aromatic rings. The molecule has 44 heavy (non-hydrogen) atoms. The lowest BCUT2D eigenvalue weighted by Gasteiger charge is -2.33. The van der Waals surface area contributed by atoms with Crippen LogP contribution in [0.5, 0.6) is 0 Å². The molecular formula is C32H30N8O4. The molecule has 2 aliphatic heterocycles. The molecule has 2 amide bonds. The number of fused-ring (bicyclic) bond motifs is 3. The fourth-order valence-electron chi connectivity index (χ4n) is 6.33. The first-order valence-corrected chi connectivity index (χ1v) is 14.5. The maximum Gasteiger partial charge on any atom is 0.261 e. The monoisotopic (exact) mass is 590 g/mol. The number of amides is 2. The Balaban J connectivity index is 1.12. The number of anilines is 1. The first-order chi connectivity index (χ1) is 21.3. The van der Waals surface area contributed by atoms with Crippen molar-refractivity contribution in [3.8, 4) is 17.5 Å². The first kappa shape index (κ1) is 27.6. The number of imidazole rings is 1. The molecule has 1 atom stereocenters. The third-order valence-electron chi connectivity index (χ3n) is 8.64. The van der Waals surface area contributed by atoms with Crippen LogP contribution in [0.1, 0.15) is 39.1 Å². The number of hydrogen-bond donors (Lipinski definition) is 4. The van der Waals surface area contributed by atoms with E-state index in [1.807, 2.05) is 36.0 Å². The number of aromatic nitrogens is 4. The van der Waals surface area contributed by atoms with Crippen molar-refractivity contribution in [3.63, 3.8) is 0 Å². The van der Waals surface area contributed by atoms with Crippen LogP contribution in [0.25, 0.3) is 33.3 Å². The molecule has 7 rings (SSSR count). The lowest BCUT2D eigenvalue weighted by atomic mass is 10.0. The summed E-state index contributed by atoms with van der Waals surface area (Å²) in [5.41, 5.74) is 3.39. The van der Waals surface area contributed by atoms with E-state index >= 15 is 0 Å². The highest BCUT2D eigenvalue weighted by atomic mass is 16.3. The molecule has 12 nitrogen and oxygen atoms in total. The van der Waals surface area contributed by atoms with Crippen LogP contribution in [-0.4, -0.2) is 85.1 Å². The molecular weight excluding hydrogens is 560 g/mol. The van der Waals surface area contributed by atoms with Crippen molar-refractivity contribution in [3.05, 3.63) is 81.9 Å². The second-order valence-corrected chi connectivity index (χ2v) is 11.5. The van der Waals surface area contributed by atoms with Crippen molar-refractivity contribution in [1.82, 2.24) is 29.3 Å². The highest BCUT2D eigenvalue weighted by Gasteiger charge is 2.41. The van der Waals surface area contributed by atoms with E-state index in [-0.39, 0.29) is 42.3 Å². The summed E-state index contributed by atoms with van der Waals surface area (Å²) in [6.45, 7) is 2.07. The Hall–Kier alpha value is -5.25. The summed E-state index contributed by atoms with van der Waals surface area (Å²) in [5.74, 6) is -0.333. The molecule has 1 unspecified atom stereocenters. The van der Waals surface area contributed by atoms with Gasteiger partial charge in [-0.15, -0.1) is 0 Å². The normalized spacial score (nSPS) is 16.5. The standard InChI is InChI=1S/C32H30N8O4/c1-38-10-6-19(7-11-38)40-31(43)22-13-25-26(14-23(22)32(40)44)37-29(36-25)28-24(5-9-34-30(28)42)35-16-20(41)17-39-12-8-21-18(15-33)3-2-4-27(21)39/h2-5,8-9,12-14,19-20,41H,6-7,10-11,16-17H2,1H3,(H,36,37)(H2,34,35,42). The van der Waals surface area contributed by atoms with Gasteiger partial charge >= 0.3 is 0 Å². The molecule has 4 N–H and O–H groups in total. The van der Waals surface area contributed by atoms with Gasteiger partial charge in [0.2, 0.25) is 0 Å². The maximum atomic E-state index is 13.3. The van der Waals surface area contributed by atoms with Crippen LogP contribution in [0.2, 0.25) is 0 Å². The second kappa shape index (κ2) is 10.8. The van der Waals surface area contributed by atoms with Gasteiger partial charge in [-0.3, -0.25) is 19.3 Å². The summed E-state index contributed by atoms with van der Waals surface area (Å²) in [4.78, 5) is 53.7. The zero-order chi connectivity index (χ0) is 30.5. The molecule has 5 heterocycles. The molecule has 0 bridgehead atoms. The Kier molecular flexibility index (Phi) is 6.76. The van der Waals surface area contributed by atoms with Gasteiger partial charge in [0.15, 0.2) is 0 Å². The van der Waals surface area contributed by atoms with E-state index in [9.17, 15) is 24.8 Å². The van der Waals surface area contributed by atoms with Gasteiger partial charge in [-0.05, 0) is 69.4 Å². The summed E-state index contributed by atoms with van der Waals surface area (Å²) < 4.78 is 1.89. The Morgan fingerprint density at radius 2 is 1.89 bits per heavy atom. The van der Waals surface area contributed by atoms with Crippen molar-refractivity contribution >= 4 is 39.4 Å². The number of aliphatic hydroxyl groups is 1. The van der Waals surface area contributed by atoms with Gasteiger partial charge in [-0.25, -0.2) is 4.98 Å². The summed E-state index contributed by atoms with van der Waals surface area (Å²) >= 11 is 0. The molecule has 0 aliphatic carbocycles. The predicted octanol–water partition coefficient (Wildman–Crippen LogP) is 2.91. The van der Waals surface area contributed by atoms with E-state index in [0.29, 0.717) is 33.4 Å². The van der Waals surface area contributed by atoms with Crippen LogP contribution in [-0.2, 0) is 6.54 Å². The molecule has 0 radical (unpaired) electrons. The number of likely N-dealkylation sites (tertiary alicyclic amines) is 1. The number of H-pyrrole nitrogens is 2. The number of carbonyl (C=O) groups is 2. The predicted molar refractivity (Wildman–Crippen MR) is 164 cm³/mol. The van der Waals surface area contributed by atoms with Crippen molar-refractivity contribution < 1.29 is 14.7 Å². The SMILES string of the molecule is CN1CCC(N2C(=O)c3cc4nc(-c5c(NCC(O)Cn6ccc7c(C#N)cccc76)cc[nH]c5=O)[nH]c4cc3C2=O)CC1. The summed E-state index contributed by atoms with van der Waals surface area (Å²) in [6.07, 6.45) is 4.02. The summed E-state index contributed by atoms with van der Waals surface area (Å²) in [6, 6.07) is 14.3. The summed E-state index contributed by atoms with van der Waals surface area (Å²) in [5, 5.41) is 24.2. The van der Waals surface area contributed by atoms with E-state index in [4.69, 9.17) is 0 Å². The number of nitrogens with one attached hydrogen (secondary N) is 3. The topological polar surface area (TPSA) is 163 Å². The number of carbonyl (C=O) groups excluding carboxylic acids is 2. The number of nitrogens with zero attached hydrogens (tertiary/aromatic N) is 5.